The minimum atomic E-state index is -1.15. The van der Waals surface area contributed by atoms with E-state index in [1.165, 1.54) is 4.90 Å². The first-order valence-corrected chi connectivity index (χ1v) is 7.58. The summed E-state index contributed by atoms with van der Waals surface area (Å²) in [5, 5.41) is 11.8. The molecule has 1 N–H and O–H groups in total. The third kappa shape index (κ3) is 2.72. The third-order valence-corrected chi connectivity index (χ3v) is 4.22. The molecule has 0 radical (unpaired) electrons. The van der Waals surface area contributed by atoms with E-state index in [4.69, 9.17) is 5.26 Å². The quantitative estimate of drug-likeness (QED) is 0.873. The van der Waals surface area contributed by atoms with Crippen LogP contribution in [0.15, 0.2) is 48.8 Å². The SMILES string of the molecule is CC1(c2cccc(C#N)c2)NC(=O)N(CCc2ccncc2)C1=O. The molecule has 3 rings (SSSR count). The van der Waals surface area contributed by atoms with Gasteiger partial charge in [-0.2, -0.15) is 5.26 Å². The molecule has 1 unspecified atom stereocenters. The number of nitriles is 1. The highest BCUT2D eigenvalue weighted by Crippen LogP contribution is 2.29. The van der Waals surface area contributed by atoms with Crippen LogP contribution in [0.2, 0.25) is 0 Å². The number of urea groups is 1. The molecule has 2 aromatic rings. The summed E-state index contributed by atoms with van der Waals surface area (Å²) in [6.45, 7) is 1.96. The lowest BCUT2D eigenvalue weighted by Crippen LogP contribution is -2.41. The number of nitrogens with zero attached hydrogens (tertiary/aromatic N) is 3. The molecule has 2 heterocycles. The van der Waals surface area contributed by atoms with Gasteiger partial charge < -0.3 is 5.32 Å². The topological polar surface area (TPSA) is 86.1 Å². The van der Waals surface area contributed by atoms with Crippen LogP contribution >= 0.6 is 0 Å². The van der Waals surface area contributed by atoms with Crippen molar-refractivity contribution >= 4 is 11.9 Å². The Kier molecular flexibility index (Phi) is 4.00. The third-order valence-electron chi connectivity index (χ3n) is 4.22. The Hall–Kier alpha value is -3.20. The summed E-state index contributed by atoms with van der Waals surface area (Å²) in [7, 11) is 0. The number of amides is 3. The molecular formula is C18H16N4O2. The predicted octanol–water partition coefficient (Wildman–Crippen LogP) is 1.96. The van der Waals surface area contributed by atoms with Crippen molar-refractivity contribution in [2.45, 2.75) is 18.9 Å². The van der Waals surface area contributed by atoms with E-state index in [-0.39, 0.29) is 5.91 Å². The van der Waals surface area contributed by atoms with E-state index in [2.05, 4.69) is 10.3 Å². The van der Waals surface area contributed by atoms with Crippen LogP contribution in [0.3, 0.4) is 0 Å². The smallest absolute Gasteiger partial charge is 0.319 e. The summed E-state index contributed by atoms with van der Waals surface area (Å²) in [5.74, 6) is -0.309. The minimum Gasteiger partial charge on any atom is -0.319 e. The number of hydrogen-bond donors (Lipinski definition) is 1. The molecule has 3 amide bonds. The summed E-state index contributed by atoms with van der Waals surface area (Å²) in [4.78, 5) is 30.2. The van der Waals surface area contributed by atoms with Crippen molar-refractivity contribution in [2.75, 3.05) is 6.54 Å². The van der Waals surface area contributed by atoms with Crippen molar-refractivity contribution in [2.24, 2.45) is 0 Å². The van der Waals surface area contributed by atoms with Gasteiger partial charge in [0.05, 0.1) is 11.6 Å². The van der Waals surface area contributed by atoms with E-state index in [0.29, 0.717) is 24.1 Å². The number of benzene rings is 1. The summed E-state index contributed by atoms with van der Waals surface area (Å²) in [6.07, 6.45) is 3.92. The molecule has 1 fully saturated rings. The molecule has 6 nitrogen and oxygen atoms in total. The number of nitrogens with one attached hydrogen (secondary N) is 1. The highest BCUT2D eigenvalue weighted by Gasteiger charge is 2.48. The summed E-state index contributed by atoms with van der Waals surface area (Å²) in [6, 6.07) is 12.1. The molecule has 1 aromatic heterocycles. The molecule has 0 saturated carbocycles. The maximum Gasteiger partial charge on any atom is 0.325 e. The zero-order valence-corrected chi connectivity index (χ0v) is 13.2. The van der Waals surface area contributed by atoms with E-state index in [1.54, 1.807) is 43.6 Å². The average Bonchev–Trinajstić information content (AvgIpc) is 2.84. The van der Waals surface area contributed by atoms with Gasteiger partial charge in [-0.3, -0.25) is 14.7 Å². The molecule has 1 aromatic carbocycles. The van der Waals surface area contributed by atoms with Gasteiger partial charge in [-0.05, 0) is 48.7 Å². The van der Waals surface area contributed by atoms with Crippen molar-refractivity contribution < 1.29 is 9.59 Å². The normalized spacial score (nSPS) is 19.9. The van der Waals surface area contributed by atoms with E-state index >= 15 is 0 Å². The van der Waals surface area contributed by atoms with Gasteiger partial charge in [-0.25, -0.2) is 4.79 Å². The fourth-order valence-electron chi connectivity index (χ4n) is 2.79. The molecular weight excluding hydrogens is 304 g/mol. The lowest BCUT2D eigenvalue weighted by Gasteiger charge is -2.22. The van der Waals surface area contributed by atoms with Crippen LogP contribution in [-0.2, 0) is 16.8 Å². The Labute approximate surface area is 139 Å². The number of rotatable bonds is 4. The van der Waals surface area contributed by atoms with Crippen LogP contribution in [0.25, 0.3) is 0 Å². The lowest BCUT2D eigenvalue weighted by atomic mass is 9.91. The highest BCUT2D eigenvalue weighted by molar-refractivity contribution is 6.07. The minimum absolute atomic E-state index is 0.294. The standard InChI is InChI=1S/C18H16N4O2/c1-18(15-4-2-3-14(11-15)12-19)16(23)22(17(24)21-18)10-7-13-5-8-20-9-6-13/h2-6,8-9,11H,7,10H2,1H3,(H,21,24). The Balaban J connectivity index is 1.81. The second-order valence-corrected chi connectivity index (χ2v) is 5.81. The van der Waals surface area contributed by atoms with Crippen molar-refractivity contribution in [1.82, 2.24) is 15.2 Å². The van der Waals surface area contributed by atoms with E-state index < -0.39 is 11.6 Å². The fourth-order valence-corrected chi connectivity index (χ4v) is 2.79. The molecule has 1 aliphatic heterocycles. The van der Waals surface area contributed by atoms with Crippen molar-refractivity contribution in [3.05, 3.63) is 65.5 Å². The van der Waals surface area contributed by atoms with Crippen molar-refractivity contribution in [1.29, 1.82) is 5.26 Å². The highest BCUT2D eigenvalue weighted by atomic mass is 16.2. The van der Waals surface area contributed by atoms with E-state index in [1.807, 2.05) is 18.2 Å². The predicted molar refractivity (Wildman–Crippen MR) is 86.7 cm³/mol. The number of hydrogen-bond acceptors (Lipinski definition) is 4. The van der Waals surface area contributed by atoms with E-state index in [0.717, 1.165) is 5.56 Å². The number of pyridine rings is 1. The summed E-state index contributed by atoms with van der Waals surface area (Å²) >= 11 is 0. The first-order chi connectivity index (χ1) is 11.5. The second-order valence-electron chi connectivity index (χ2n) is 5.81. The van der Waals surface area contributed by atoms with E-state index in [9.17, 15) is 9.59 Å². The molecule has 0 bridgehead atoms. The van der Waals surface area contributed by atoms with Crippen LogP contribution in [0.5, 0.6) is 0 Å². The fraction of sp³-hybridized carbons (Fsp3) is 0.222. The average molecular weight is 320 g/mol. The van der Waals surface area contributed by atoms with Gasteiger partial charge in [0.15, 0.2) is 0 Å². The van der Waals surface area contributed by atoms with Gasteiger partial charge in [-0.1, -0.05) is 12.1 Å². The molecule has 0 spiro atoms. The molecule has 0 aliphatic carbocycles. The maximum atomic E-state index is 12.8. The molecule has 6 heteroatoms. The zero-order chi connectivity index (χ0) is 17.2. The van der Waals surface area contributed by atoms with Crippen molar-refractivity contribution in [3.63, 3.8) is 0 Å². The van der Waals surface area contributed by atoms with Gasteiger partial charge in [-0.15, -0.1) is 0 Å². The molecule has 120 valence electrons. The number of carbonyl (C=O) groups excluding carboxylic acids is 2. The van der Waals surface area contributed by atoms with Gasteiger partial charge in [0.2, 0.25) is 0 Å². The van der Waals surface area contributed by atoms with Crippen LogP contribution < -0.4 is 5.32 Å². The largest absolute Gasteiger partial charge is 0.325 e. The van der Waals surface area contributed by atoms with Crippen LogP contribution in [0, 0.1) is 11.3 Å². The number of aromatic nitrogens is 1. The molecule has 1 saturated heterocycles. The first kappa shape index (κ1) is 15.7. The van der Waals surface area contributed by atoms with Crippen LogP contribution in [0.1, 0.15) is 23.6 Å². The number of carbonyl (C=O) groups is 2. The summed E-state index contributed by atoms with van der Waals surface area (Å²) in [5.41, 5.74) is 0.908. The lowest BCUT2D eigenvalue weighted by molar-refractivity contribution is -0.131. The van der Waals surface area contributed by atoms with Crippen LogP contribution in [-0.4, -0.2) is 28.4 Å². The molecule has 24 heavy (non-hydrogen) atoms. The number of imide groups is 1. The maximum absolute atomic E-state index is 12.8. The Morgan fingerprint density at radius 3 is 2.71 bits per heavy atom. The van der Waals surface area contributed by atoms with Gasteiger partial charge in [0.25, 0.3) is 5.91 Å². The zero-order valence-electron chi connectivity index (χ0n) is 13.2. The Morgan fingerprint density at radius 1 is 1.25 bits per heavy atom. The monoisotopic (exact) mass is 320 g/mol. The molecule has 1 aliphatic rings. The first-order valence-electron chi connectivity index (χ1n) is 7.58. The van der Waals surface area contributed by atoms with Gasteiger partial charge in [0.1, 0.15) is 5.54 Å². The molecule has 1 atom stereocenters. The van der Waals surface area contributed by atoms with Crippen LogP contribution in [0.4, 0.5) is 4.79 Å². The van der Waals surface area contributed by atoms with Gasteiger partial charge >= 0.3 is 6.03 Å². The van der Waals surface area contributed by atoms with Gasteiger partial charge in [0, 0.05) is 18.9 Å². The Morgan fingerprint density at radius 2 is 2.00 bits per heavy atom. The van der Waals surface area contributed by atoms with Crippen molar-refractivity contribution in [3.8, 4) is 6.07 Å². The summed E-state index contributed by atoms with van der Waals surface area (Å²) < 4.78 is 0. The second kappa shape index (κ2) is 6.13. The Bertz CT molecular complexity index is 828.